The lowest BCUT2D eigenvalue weighted by Gasteiger charge is -2.18. The van der Waals surface area contributed by atoms with Gasteiger partial charge in [0.2, 0.25) is 5.91 Å². The van der Waals surface area contributed by atoms with Crippen molar-refractivity contribution in [1.29, 1.82) is 0 Å². The molecule has 0 bridgehead atoms. The van der Waals surface area contributed by atoms with Gasteiger partial charge in [0.25, 0.3) is 0 Å². The molecule has 0 aliphatic rings. The van der Waals surface area contributed by atoms with Crippen LogP contribution in [-0.4, -0.2) is 29.7 Å². The molecule has 2 unspecified atom stereocenters. The van der Waals surface area contributed by atoms with Gasteiger partial charge in [-0.1, -0.05) is 6.92 Å². The van der Waals surface area contributed by atoms with Crippen molar-refractivity contribution in [2.24, 2.45) is 11.7 Å². The van der Waals surface area contributed by atoms with Crippen molar-refractivity contribution >= 4 is 5.91 Å². The number of carbonyl (C=O) groups excluding carboxylic acids is 1. The fourth-order valence-corrected chi connectivity index (χ4v) is 0.659. The van der Waals surface area contributed by atoms with Crippen LogP contribution in [0.25, 0.3) is 0 Å². The Morgan fingerprint density at radius 1 is 1.50 bits per heavy atom. The van der Waals surface area contributed by atoms with Gasteiger partial charge in [0.1, 0.15) is 0 Å². The third kappa shape index (κ3) is 3.69. The minimum Gasteiger partial charge on any atom is -0.394 e. The summed E-state index contributed by atoms with van der Waals surface area (Å²) in [4.78, 5) is 11.3. The lowest BCUT2D eigenvalue weighted by Crippen LogP contribution is -2.43. The van der Waals surface area contributed by atoms with E-state index in [2.05, 4.69) is 5.32 Å². The van der Waals surface area contributed by atoms with Crippen molar-refractivity contribution in [3.8, 4) is 0 Å². The minimum absolute atomic E-state index is 0.0442. The van der Waals surface area contributed by atoms with Crippen LogP contribution in [0.15, 0.2) is 0 Å². The van der Waals surface area contributed by atoms with Crippen LogP contribution < -0.4 is 11.1 Å². The SMILES string of the molecule is CC(N)C(C)C(=O)N[C@H](C)CO. The maximum Gasteiger partial charge on any atom is 0.224 e. The van der Waals surface area contributed by atoms with E-state index in [9.17, 15) is 4.79 Å². The highest BCUT2D eigenvalue weighted by Crippen LogP contribution is 1.99. The zero-order chi connectivity index (χ0) is 9.72. The number of amides is 1. The number of rotatable bonds is 4. The van der Waals surface area contributed by atoms with Gasteiger partial charge in [0.15, 0.2) is 0 Å². The van der Waals surface area contributed by atoms with Crippen LogP contribution in [-0.2, 0) is 4.79 Å². The molecule has 12 heavy (non-hydrogen) atoms. The molecule has 0 aliphatic heterocycles. The second-order valence-corrected chi connectivity index (χ2v) is 3.24. The Balaban J connectivity index is 3.87. The summed E-state index contributed by atoms with van der Waals surface area (Å²) in [5.41, 5.74) is 5.53. The fraction of sp³-hybridized carbons (Fsp3) is 0.875. The zero-order valence-electron chi connectivity index (χ0n) is 7.87. The van der Waals surface area contributed by atoms with Gasteiger partial charge in [0.05, 0.1) is 6.61 Å². The highest BCUT2D eigenvalue weighted by Gasteiger charge is 2.17. The lowest BCUT2D eigenvalue weighted by molar-refractivity contribution is -0.125. The number of hydrogen-bond acceptors (Lipinski definition) is 3. The van der Waals surface area contributed by atoms with Crippen molar-refractivity contribution in [2.75, 3.05) is 6.61 Å². The molecule has 0 heterocycles. The van der Waals surface area contributed by atoms with Crippen molar-refractivity contribution in [3.63, 3.8) is 0 Å². The molecule has 4 nitrogen and oxygen atoms in total. The normalized spacial score (nSPS) is 18.1. The summed E-state index contributed by atoms with van der Waals surface area (Å²) in [6.45, 7) is 5.25. The summed E-state index contributed by atoms with van der Waals surface area (Å²) in [5, 5.41) is 11.3. The molecule has 4 N–H and O–H groups in total. The topological polar surface area (TPSA) is 75.4 Å². The molecule has 0 aromatic carbocycles. The van der Waals surface area contributed by atoms with E-state index in [1.165, 1.54) is 0 Å². The molecule has 0 saturated heterocycles. The van der Waals surface area contributed by atoms with Crippen LogP contribution in [0.3, 0.4) is 0 Å². The monoisotopic (exact) mass is 174 g/mol. The fourth-order valence-electron chi connectivity index (χ4n) is 0.659. The van der Waals surface area contributed by atoms with E-state index < -0.39 is 0 Å². The average Bonchev–Trinajstić information content (AvgIpc) is 2.02. The van der Waals surface area contributed by atoms with Crippen molar-refractivity contribution in [3.05, 3.63) is 0 Å². The lowest BCUT2D eigenvalue weighted by atomic mass is 10.0. The van der Waals surface area contributed by atoms with E-state index in [1.54, 1.807) is 20.8 Å². The Kier molecular flexibility index (Phi) is 4.85. The molecule has 0 fully saturated rings. The predicted molar refractivity (Wildman–Crippen MR) is 47.5 cm³/mol. The largest absolute Gasteiger partial charge is 0.394 e. The summed E-state index contributed by atoms with van der Waals surface area (Å²) in [6.07, 6.45) is 0. The van der Waals surface area contributed by atoms with Gasteiger partial charge in [-0.2, -0.15) is 0 Å². The first-order valence-corrected chi connectivity index (χ1v) is 4.15. The Morgan fingerprint density at radius 3 is 2.33 bits per heavy atom. The molecule has 0 radical (unpaired) electrons. The summed E-state index contributed by atoms with van der Waals surface area (Å²) in [7, 11) is 0. The average molecular weight is 174 g/mol. The minimum atomic E-state index is -0.209. The molecule has 0 saturated carbocycles. The Labute approximate surface area is 73.1 Å². The number of nitrogens with one attached hydrogen (secondary N) is 1. The quantitative estimate of drug-likeness (QED) is 0.536. The van der Waals surface area contributed by atoms with Crippen LogP contribution in [0, 0.1) is 5.92 Å². The summed E-state index contributed by atoms with van der Waals surface area (Å²) < 4.78 is 0. The molecule has 1 amide bonds. The molecular formula is C8H18N2O2. The third-order valence-corrected chi connectivity index (χ3v) is 1.86. The molecule has 0 aromatic rings. The van der Waals surface area contributed by atoms with E-state index in [0.29, 0.717) is 0 Å². The van der Waals surface area contributed by atoms with Crippen LogP contribution in [0.1, 0.15) is 20.8 Å². The molecule has 0 spiro atoms. The second kappa shape index (κ2) is 5.11. The molecule has 72 valence electrons. The molecule has 0 aliphatic carbocycles. The molecule has 0 aromatic heterocycles. The van der Waals surface area contributed by atoms with E-state index in [0.717, 1.165) is 0 Å². The zero-order valence-corrected chi connectivity index (χ0v) is 7.87. The Bertz CT molecular complexity index is 148. The third-order valence-electron chi connectivity index (χ3n) is 1.86. The van der Waals surface area contributed by atoms with Crippen LogP contribution in [0.5, 0.6) is 0 Å². The number of carbonyl (C=O) groups is 1. The standard InChI is InChI=1S/C8H18N2O2/c1-5(4-11)10-8(12)6(2)7(3)9/h5-7,11H,4,9H2,1-3H3,(H,10,12)/t5-,6?,7?/m1/s1. The highest BCUT2D eigenvalue weighted by atomic mass is 16.3. The van der Waals surface area contributed by atoms with Crippen molar-refractivity contribution in [2.45, 2.75) is 32.9 Å². The first kappa shape index (κ1) is 11.4. The van der Waals surface area contributed by atoms with Crippen molar-refractivity contribution < 1.29 is 9.90 Å². The molecule has 0 rings (SSSR count). The molecule has 3 atom stereocenters. The van der Waals surface area contributed by atoms with Crippen LogP contribution in [0.4, 0.5) is 0 Å². The van der Waals surface area contributed by atoms with E-state index in [1.807, 2.05) is 0 Å². The Hall–Kier alpha value is -0.610. The maximum absolute atomic E-state index is 11.3. The van der Waals surface area contributed by atoms with Crippen LogP contribution >= 0.6 is 0 Å². The van der Waals surface area contributed by atoms with Gasteiger partial charge in [-0.25, -0.2) is 0 Å². The maximum atomic E-state index is 11.3. The molecule has 4 heteroatoms. The van der Waals surface area contributed by atoms with Gasteiger partial charge >= 0.3 is 0 Å². The van der Waals surface area contributed by atoms with E-state index >= 15 is 0 Å². The van der Waals surface area contributed by atoms with Crippen molar-refractivity contribution in [1.82, 2.24) is 5.32 Å². The summed E-state index contributed by atoms with van der Waals surface area (Å²) >= 11 is 0. The van der Waals surface area contributed by atoms with Crippen LogP contribution in [0.2, 0.25) is 0 Å². The van der Waals surface area contributed by atoms with Gasteiger partial charge < -0.3 is 16.2 Å². The highest BCUT2D eigenvalue weighted by molar-refractivity contribution is 5.79. The number of aliphatic hydroxyl groups is 1. The first-order chi connectivity index (χ1) is 5.49. The van der Waals surface area contributed by atoms with Gasteiger partial charge in [-0.05, 0) is 13.8 Å². The first-order valence-electron chi connectivity index (χ1n) is 4.15. The van der Waals surface area contributed by atoms with Gasteiger partial charge in [0, 0.05) is 18.0 Å². The number of hydrogen-bond donors (Lipinski definition) is 3. The summed E-state index contributed by atoms with van der Waals surface area (Å²) in [6, 6.07) is -0.352. The van der Waals surface area contributed by atoms with Gasteiger partial charge in [-0.3, -0.25) is 4.79 Å². The van der Waals surface area contributed by atoms with E-state index in [4.69, 9.17) is 10.8 Å². The predicted octanol–water partition coefficient (Wildman–Crippen LogP) is -0.533. The molecular weight excluding hydrogens is 156 g/mol. The number of aliphatic hydroxyl groups excluding tert-OH is 1. The second-order valence-electron chi connectivity index (χ2n) is 3.24. The van der Waals surface area contributed by atoms with E-state index in [-0.39, 0.29) is 30.5 Å². The number of nitrogens with two attached hydrogens (primary N) is 1. The van der Waals surface area contributed by atoms with Gasteiger partial charge in [-0.15, -0.1) is 0 Å². The summed E-state index contributed by atoms with van der Waals surface area (Å²) in [5.74, 6) is -0.314. The Morgan fingerprint density at radius 2 is 2.00 bits per heavy atom. The smallest absolute Gasteiger partial charge is 0.224 e.